The first-order valence-corrected chi connectivity index (χ1v) is 11.4. The van der Waals surface area contributed by atoms with E-state index in [0.717, 1.165) is 27.9 Å². The molecule has 0 bridgehead atoms. The van der Waals surface area contributed by atoms with Crippen LogP contribution >= 0.6 is 23.2 Å². The molecule has 1 unspecified atom stereocenters. The van der Waals surface area contributed by atoms with Crippen LogP contribution in [0, 0.1) is 0 Å². The Morgan fingerprint density at radius 3 is 2.29 bits per heavy atom. The highest BCUT2D eigenvalue weighted by molar-refractivity contribution is 6.37. The van der Waals surface area contributed by atoms with Crippen molar-refractivity contribution >= 4 is 29.2 Å². The van der Waals surface area contributed by atoms with E-state index in [1.807, 2.05) is 42.5 Å². The molecule has 3 aromatic carbocycles. The summed E-state index contributed by atoms with van der Waals surface area (Å²) in [4.78, 5) is 15.6. The highest BCUT2D eigenvalue weighted by Crippen LogP contribution is 2.36. The molecule has 0 radical (unpaired) electrons. The Morgan fingerprint density at radius 1 is 0.912 bits per heavy atom. The molecule has 0 amide bonds. The van der Waals surface area contributed by atoms with E-state index in [4.69, 9.17) is 38.8 Å². The first-order valence-electron chi connectivity index (χ1n) is 10.6. The third-order valence-corrected chi connectivity index (χ3v) is 5.90. The molecule has 5 nitrogen and oxygen atoms in total. The van der Waals surface area contributed by atoms with E-state index in [0.29, 0.717) is 11.3 Å². The molecule has 0 aliphatic rings. The van der Waals surface area contributed by atoms with Gasteiger partial charge in [-0.3, -0.25) is 9.78 Å². The van der Waals surface area contributed by atoms with Crippen molar-refractivity contribution in [1.29, 1.82) is 0 Å². The molecule has 1 aromatic heterocycles. The Labute approximate surface area is 207 Å². The summed E-state index contributed by atoms with van der Waals surface area (Å²) in [7, 11) is 0. The van der Waals surface area contributed by atoms with Gasteiger partial charge in [0.25, 0.3) is 0 Å². The molecule has 0 aliphatic carbocycles. The second kappa shape index (κ2) is 10.7. The van der Waals surface area contributed by atoms with E-state index in [1.165, 1.54) is 0 Å². The third-order valence-electron chi connectivity index (χ3n) is 5.34. The molecule has 34 heavy (non-hydrogen) atoms. The van der Waals surface area contributed by atoms with E-state index >= 15 is 0 Å². The minimum atomic E-state index is -1.09. The number of halogens is 2. The van der Waals surface area contributed by atoms with Gasteiger partial charge < -0.3 is 15.6 Å². The molecule has 172 valence electrons. The molecule has 0 fully saturated rings. The third kappa shape index (κ3) is 5.57. The van der Waals surface area contributed by atoms with Crippen molar-refractivity contribution in [3.05, 3.63) is 106 Å². The van der Waals surface area contributed by atoms with E-state index in [1.54, 1.807) is 18.3 Å². The lowest BCUT2D eigenvalue weighted by molar-refractivity contribution is -0.138. The molecule has 0 aliphatic heterocycles. The van der Waals surface area contributed by atoms with Crippen molar-refractivity contribution in [2.24, 2.45) is 5.73 Å². The minimum Gasteiger partial charge on any atom is -0.486 e. The number of carboxylic acid groups (broad SMARTS) is 1. The zero-order chi connectivity index (χ0) is 24.1. The van der Waals surface area contributed by atoms with Crippen LogP contribution < -0.4 is 10.5 Å². The van der Waals surface area contributed by atoms with Crippen molar-refractivity contribution in [2.75, 3.05) is 0 Å². The van der Waals surface area contributed by atoms with Gasteiger partial charge in [0.1, 0.15) is 12.6 Å². The zero-order valence-electron chi connectivity index (χ0n) is 18.1. The Kier molecular flexibility index (Phi) is 7.48. The van der Waals surface area contributed by atoms with Gasteiger partial charge in [0.05, 0.1) is 15.7 Å². The van der Waals surface area contributed by atoms with Crippen LogP contribution in [0.2, 0.25) is 10.0 Å². The monoisotopic (exact) mass is 492 g/mol. The van der Waals surface area contributed by atoms with Gasteiger partial charge in [0.2, 0.25) is 0 Å². The summed E-state index contributed by atoms with van der Waals surface area (Å²) < 4.78 is 5.99. The number of pyridine rings is 1. The molecule has 4 rings (SSSR count). The Balaban J connectivity index is 1.57. The smallest absolute Gasteiger partial charge is 0.320 e. The molecule has 0 spiro atoms. The van der Waals surface area contributed by atoms with Crippen LogP contribution in [0.3, 0.4) is 0 Å². The number of aromatic nitrogens is 1. The average molecular weight is 493 g/mol. The predicted octanol–water partition coefficient (Wildman–Crippen LogP) is 6.26. The molecule has 1 heterocycles. The van der Waals surface area contributed by atoms with Crippen molar-refractivity contribution < 1.29 is 14.6 Å². The second-order valence-electron chi connectivity index (χ2n) is 7.78. The van der Waals surface area contributed by atoms with Crippen molar-refractivity contribution in [3.63, 3.8) is 0 Å². The van der Waals surface area contributed by atoms with Crippen molar-refractivity contribution in [3.8, 4) is 28.1 Å². The van der Waals surface area contributed by atoms with Crippen LogP contribution in [0.5, 0.6) is 5.75 Å². The summed E-state index contributed by atoms with van der Waals surface area (Å²) in [6.45, 7) is 0.201. The molecule has 3 N–H and O–H groups in total. The zero-order valence-corrected chi connectivity index (χ0v) is 19.6. The summed E-state index contributed by atoms with van der Waals surface area (Å²) in [6, 6.07) is 24.3. The van der Waals surface area contributed by atoms with Gasteiger partial charge in [-0.05, 0) is 47.4 Å². The first kappa shape index (κ1) is 23.8. The van der Waals surface area contributed by atoms with E-state index in [2.05, 4.69) is 29.2 Å². The normalized spacial score (nSPS) is 11.7. The number of carboxylic acids is 1. The molecule has 4 aromatic rings. The fraction of sp³-hybridized carbons (Fsp3) is 0.111. The van der Waals surface area contributed by atoms with Gasteiger partial charge in [-0.2, -0.15) is 0 Å². The standard InChI is InChI=1S/C27H22Cl2N2O3/c28-22-12-17(14-24(30)27(32)33)13-23(29)26(22)34-16-21-10-5-11-31-25(21)20-9-4-8-19(15-20)18-6-2-1-3-7-18/h1-13,15,24H,14,16,30H2,(H,32,33). The number of nitrogens with two attached hydrogens (primary N) is 1. The number of hydrogen-bond acceptors (Lipinski definition) is 4. The summed E-state index contributed by atoms with van der Waals surface area (Å²) in [5.41, 5.74) is 11.1. The fourth-order valence-electron chi connectivity index (χ4n) is 3.65. The number of nitrogens with zero attached hydrogens (tertiary/aromatic N) is 1. The van der Waals surface area contributed by atoms with Gasteiger partial charge in [-0.1, -0.05) is 77.8 Å². The van der Waals surface area contributed by atoms with Crippen LogP contribution in [-0.4, -0.2) is 22.1 Å². The van der Waals surface area contributed by atoms with Crippen molar-refractivity contribution in [1.82, 2.24) is 4.98 Å². The first-order chi connectivity index (χ1) is 16.4. The van der Waals surface area contributed by atoms with Crippen LogP contribution in [-0.2, 0) is 17.8 Å². The van der Waals surface area contributed by atoms with Crippen LogP contribution in [0.15, 0.2) is 85.1 Å². The summed E-state index contributed by atoms with van der Waals surface area (Å²) in [5, 5.41) is 9.60. The highest BCUT2D eigenvalue weighted by atomic mass is 35.5. The van der Waals surface area contributed by atoms with Crippen LogP contribution in [0.1, 0.15) is 11.1 Å². The van der Waals surface area contributed by atoms with Gasteiger partial charge >= 0.3 is 5.97 Å². The maximum atomic E-state index is 11.0. The molecule has 7 heteroatoms. The van der Waals surface area contributed by atoms with Crippen molar-refractivity contribution in [2.45, 2.75) is 19.1 Å². The number of carbonyl (C=O) groups is 1. The number of hydrogen-bond donors (Lipinski definition) is 2. The van der Waals surface area contributed by atoms with E-state index in [9.17, 15) is 4.79 Å². The van der Waals surface area contributed by atoms with Gasteiger partial charge in [-0.25, -0.2) is 0 Å². The molecular weight excluding hydrogens is 471 g/mol. The lowest BCUT2D eigenvalue weighted by Gasteiger charge is -2.15. The minimum absolute atomic E-state index is 0.111. The number of aliphatic carboxylic acids is 1. The summed E-state index contributed by atoms with van der Waals surface area (Å²) in [6.07, 6.45) is 1.86. The fourth-order valence-corrected chi connectivity index (χ4v) is 4.29. The maximum Gasteiger partial charge on any atom is 0.320 e. The Morgan fingerprint density at radius 2 is 1.59 bits per heavy atom. The Hall–Kier alpha value is -3.38. The Bertz CT molecular complexity index is 1290. The lowest BCUT2D eigenvalue weighted by Crippen LogP contribution is -2.32. The van der Waals surface area contributed by atoms with Gasteiger partial charge in [-0.15, -0.1) is 0 Å². The molecule has 1 atom stereocenters. The van der Waals surface area contributed by atoms with Gasteiger partial charge in [0, 0.05) is 17.3 Å². The maximum absolute atomic E-state index is 11.0. The van der Waals surface area contributed by atoms with Crippen LogP contribution in [0.4, 0.5) is 0 Å². The topological polar surface area (TPSA) is 85.4 Å². The van der Waals surface area contributed by atoms with Crippen LogP contribution in [0.25, 0.3) is 22.4 Å². The highest BCUT2D eigenvalue weighted by Gasteiger charge is 2.17. The number of benzene rings is 3. The van der Waals surface area contributed by atoms with E-state index < -0.39 is 12.0 Å². The average Bonchev–Trinajstić information content (AvgIpc) is 2.84. The quantitative estimate of drug-likeness (QED) is 0.303. The second-order valence-corrected chi connectivity index (χ2v) is 8.60. The lowest BCUT2D eigenvalue weighted by atomic mass is 10.00. The molecular formula is C27H22Cl2N2O3. The number of rotatable bonds is 8. The van der Waals surface area contributed by atoms with Gasteiger partial charge in [0.15, 0.2) is 5.75 Å². The van der Waals surface area contributed by atoms with E-state index in [-0.39, 0.29) is 23.1 Å². The number of ether oxygens (including phenoxy) is 1. The molecule has 0 saturated carbocycles. The largest absolute Gasteiger partial charge is 0.486 e. The SMILES string of the molecule is NC(Cc1cc(Cl)c(OCc2cccnc2-c2cccc(-c3ccccc3)c2)c(Cl)c1)C(=O)O. The summed E-state index contributed by atoms with van der Waals surface area (Å²) >= 11 is 12.8. The summed E-state index contributed by atoms with van der Waals surface area (Å²) in [5.74, 6) is -0.767. The predicted molar refractivity (Wildman–Crippen MR) is 135 cm³/mol. The molecule has 0 saturated heterocycles.